The molecule has 0 bridgehead atoms. The summed E-state index contributed by atoms with van der Waals surface area (Å²) in [6.07, 6.45) is 6.34. The van der Waals surface area contributed by atoms with Gasteiger partial charge in [0.1, 0.15) is 12.0 Å². The lowest BCUT2D eigenvalue weighted by atomic mass is 10.0. The number of nitrogens with one attached hydrogen (secondary N) is 2. The van der Waals surface area contributed by atoms with Crippen molar-refractivity contribution in [2.75, 3.05) is 31.5 Å². The van der Waals surface area contributed by atoms with Gasteiger partial charge in [-0.25, -0.2) is 0 Å². The van der Waals surface area contributed by atoms with Gasteiger partial charge in [-0.3, -0.25) is 14.3 Å². The number of fused-ring (bicyclic) bond motifs is 2. The third kappa shape index (κ3) is 3.40. The minimum absolute atomic E-state index is 0.263. The van der Waals surface area contributed by atoms with E-state index in [0.717, 1.165) is 24.0 Å². The number of carbonyl (C=O) groups excluding carboxylic acids is 2. The summed E-state index contributed by atoms with van der Waals surface area (Å²) in [4.78, 5) is 27.3. The molecule has 0 aliphatic carbocycles. The number of rotatable bonds is 5. The third-order valence-corrected chi connectivity index (χ3v) is 5.70. The van der Waals surface area contributed by atoms with Crippen LogP contribution in [-0.2, 0) is 13.0 Å². The highest BCUT2D eigenvalue weighted by atomic mass is 16.3. The first-order valence-electron chi connectivity index (χ1n) is 10.1. The maximum atomic E-state index is 12.7. The average Bonchev–Trinajstić information content (AvgIpc) is 3.46. The fourth-order valence-corrected chi connectivity index (χ4v) is 4.16. The van der Waals surface area contributed by atoms with E-state index in [1.54, 1.807) is 0 Å². The first-order chi connectivity index (χ1) is 14.2. The van der Waals surface area contributed by atoms with Crippen molar-refractivity contribution >= 4 is 28.4 Å². The number of anilines is 1. The van der Waals surface area contributed by atoms with Gasteiger partial charge in [0, 0.05) is 30.6 Å². The molecule has 8 nitrogen and oxygen atoms in total. The van der Waals surface area contributed by atoms with E-state index >= 15 is 0 Å². The molecule has 0 saturated carbocycles. The van der Waals surface area contributed by atoms with Gasteiger partial charge in [-0.15, -0.1) is 0 Å². The Balaban J connectivity index is 1.32. The molecule has 29 heavy (non-hydrogen) atoms. The Morgan fingerprint density at radius 3 is 2.97 bits per heavy atom. The normalized spacial score (nSPS) is 16.8. The van der Waals surface area contributed by atoms with Crippen LogP contribution in [0.1, 0.15) is 39.3 Å². The van der Waals surface area contributed by atoms with E-state index in [9.17, 15) is 9.59 Å². The predicted octanol–water partition coefficient (Wildman–Crippen LogP) is 2.26. The van der Waals surface area contributed by atoms with Gasteiger partial charge < -0.3 is 20.0 Å². The zero-order chi connectivity index (χ0) is 19.8. The van der Waals surface area contributed by atoms with Gasteiger partial charge in [-0.2, -0.15) is 5.10 Å². The van der Waals surface area contributed by atoms with Crippen LogP contribution in [0.25, 0.3) is 10.9 Å². The Hall–Kier alpha value is -3.13. The van der Waals surface area contributed by atoms with Crippen LogP contribution in [0.2, 0.25) is 0 Å². The Kier molecular flexibility index (Phi) is 4.55. The SMILES string of the molecule is O=C(Nc1ccc2c(cnn2CCN2CCCC2)c1)c1coc2c1C(=O)NCC2. The van der Waals surface area contributed by atoms with Gasteiger partial charge in [0.2, 0.25) is 0 Å². The van der Waals surface area contributed by atoms with Gasteiger partial charge in [0.05, 0.1) is 29.4 Å². The van der Waals surface area contributed by atoms with Crippen molar-refractivity contribution in [1.29, 1.82) is 0 Å². The molecule has 0 radical (unpaired) electrons. The van der Waals surface area contributed by atoms with E-state index in [1.807, 2.05) is 29.1 Å². The lowest BCUT2D eigenvalue weighted by Crippen LogP contribution is -2.32. The quantitative estimate of drug-likeness (QED) is 0.694. The van der Waals surface area contributed by atoms with E-state index in [2.05, 4.69) is 20.6 Å². The van der Waals surface area contributed by atoms with Crippen molar-refractivity contribution in [3.05, 3.63) is 47.5 Å². The molecule has 2 amide bonds. The van der Waals surface area contributed by atoms with Crippen molar-refractivity contribution in [2.45, 2.75) is 25.8 Å². The number of furan rings is 1. The van der Waals surface area contributed by atoms with Crippen LogP contribution in [-0.4, -0.2) is 52.7 Å². The highest BCUT2D eigenvalue weighted by Gasteiger charge is 2.27. The molecule has 2 aliphatic rings. The van der Waals surface area contributed by atoms with Gasteiger partial charge >= 0.3 is 0 Å². The Morgan fingerprint density at radius 2 is 2.10 bits per heavy atom. The second-order valence-electron chi connectivity index (χ2n) is 7.60. The fourth-order valence-electron chi connectivity index (χ4n) is 4.16. The molecule has 4 heterocycles. The molecule has 1 saturated heterocycles. The Bertz CT molecular complexity index is 1080. The molecule has 2 aromatic heterocycles. The summed E-state index contributed by atoms with van der Waals surface area (Å²) >= 11 is 0. The summed E-state index contributed by atoms with van der Waals surface area (Å²) < 4.78 is 7.43. The van der Waals surface area contributed by atoms with Crippen molar-refractivity contribution in [2.24, 2.45) is 0 Å². The molecular weight excluding hydrogens is 370 g/mol. The average molecular weight is 393 g/mol. The van der Waals surface area contributed by atoms with E-state index in [4.69, 9.17) is 4.42 Å². The summed E-state index contributed by atoms with van der Waals surface area (Å²) in [5, 5.41) is 11.1. The van der Waals surface area contributed by atoms with Crippen molar-refractivity contribution in [3.8, 4) is 0 Å². The second-order valence-corrected chi connectivity index (χ2v) is 7.60. The molecule has 0 spiro atoms. The fraction of sp³-hybridized carbons (Fsp3) is 0.381. The van der Waals surface area contributed by atoms with E-state index in [0.29, 0.717) is 30.0 Å². The lowest BCUT2D eigenvalue weighted by Gasteiger charge is -2.14. The number of amides is 2. The molecule has 150 valence electrons. The van der Waals surface area contributed by atoms with E-state index < -0.39 is 0 Å². The maximum Gasteiger partial charge on any atom is 0.259 e. The molecule has 1 aromatic carbocycles. The van der Waals surface area contributed by atoms with Gasteiger partial charge in [-0.05, 0) is 44.1 Å². The number of aromatic nitrogens is 2. The summed E-state index contributed by atoms with van der Waals surface area (Å²) in [5.41, 5.74) is 2.30. The summed E-state index contributed by atoms with van der Waals surface area (Å²) in [6.45, 7) is 4.73. The zero-order valence-corrected chi connectivity index (χ0v) is 16.1. The molecule has 3 aromatic rings. The van der Waals surface area contributed by atoms with Gasteiger partial charge in [0.15, 0.2) is 0 Å². The first kappa shape index (κ1) is 17.9. The zero-order valence-electron chi connectivity index (χ0n) is 16.1. The molecule has 2 N–H and O–H groups in total. The number of benzene rings is 1. The Labute approximate surface area is 167 Å². The highest BCUT2D eigenvalue weighted by Crippen LogP contribution is 2.24. The van der Waals surface area contributed by atoms with E-state index in [-0.39, 0.29) is 17.4 Å². The number of likely N-dealkylation sites (tertiary alicyclic amines) is 1. The van der Waals surface area contributed by atoms with Crippen LogP contribution in [0.15, 0.2) is 35.1 Å². The molecule has 0 unspecified atom stereocenters. The van der Waals surface area contributed by atoms with Crippen molar-refractivity contribution in [1.82, 2.24) is 20.0 Å². The smallest absolute Gasteiger partial charge is 0.259 e. The first-order valence-corrected chi connectivity index (χ1v) is 10.1. The number of hydrogen-bond acceptors (Lipinski definition) is 5. The monoisotopic (exact) mass is 393 g/mol. The highest BCUT2D eigenvalue weighted by molar-refractivity contribution is 6.13. The van der Waals surface area contributed by atoms with Crippen LogP contribution in [0.4, 0.5) is 5.69 Å². The Morgan fingerprint density at radius 1 is 1.24 bits per heavy atom. The maximum absolute atomic E-state index is 12.7. The number of carbonyl (C=O) groups is 2. The molecular formula is C21H23N5O3. The van der Waals surface area contributed by atoms with Crippen LogP contribution < -0.4 is 10.6 Å². The van der Waals surface area contributed by atoms with Crippen LogP contribution in [0, 0.1) is 0 Å². The molecule has 0 atom stereocenters. The van der Waals surface area contributed by atoms with Crippen LogP contribution in [0.5, 0.6) is 0 Å². The number of hydrogen-bond donors (Lipinski definition) is 2. The van der Waals surface area contributed by atoms with Gasteiger partial charge in [-0.1, -0.05) is 0 Å². The lowest BCUT2D eigenvalue weighted by molar-refractivity contribution is 0.0932. The largest absolute Gasteiger partial charge is 0.468 e. The van der Waals surface area contributed by atoms with Crippen molar-refractivity contribution < 1.29 is 14.0 Å². The molecule has 2 aliphatic heterocycles. The second kappa shape index (κ2) is 7.36. The van der Waals surface area contributed by atoms with Crippen LogP contribution >= 0.6 is 0 Å². The minimum Gasteiger partial charge on any atom is -0.468 e. The standard InChI is InChI=1S/C21H23N5O3/c27-20(16-13-29-18-5-6-22-21(28)19(16)18)24-15-3-4-17-14(11-15)12-23-26(17)10-9-25-7-1-2-8-25/h3-4,11-13H,1-2,5-10H2,(H,22,28)(H,24,27). The summed E-state index contributed by atoms with van der Waals surface area (Å²) in [5.74, 6) is -0.0543. The number of nitrogens with zero attached hydrogens (tertiary/aromatic N) is 3. The third-order valence-electron chi connectivity index (χ3n) is 5.70. The molecule has 5 rings (SSSR count). The van der Waals surface area contributed by atoms with Crippen molar-refractivity contribution in [3.63, 3.8) is 0 Å². The van der Waals surface area contributed by atoms with Crippen LogP contribution in [0.3, 0.4) is 0 Å². The summed E-state index contributed by atoms with van der Waals surface area (Å²) in [6, 6.07) is 5.74. The molecule has 8 heteroatoms. The van der Waals surface area contributed by atoms with E-state index in [1.165, 1.54) is 32.2 Å². The minimum atomic E-state index is -0.354. The topological polar surface area (TPSA) is 92.4 Å². The predicted molar refractivity (Wildman–Crippen MR) is 108 cm³/mol. The summed E-state index contributed by atoms with van der Waals surface area (Å²) in [7, 11) is 0. The van der Waals surface area contributed by atoms with Gasteiger partial charge in [0.25, 0.3) is 11.8 Å². The molecule has 1 fully saturated rings.